The summed E-state index contributed by atoms with van der Waals surface area (Å²) in [5, 5.41) is 17.5. The molecular formula is C22H19N5O4S2. The molecule has 2 N–H and O–H groups in total. The number of benzene rings is 2. The number of thioether (sulfide) groups is 1. The lowest BCUT2D eigenvalue weighted by molar-refractivity contribution is -0.113. The topological polar surface area (TPSA) is 119 Å². The van der Waals surface area contributed by atoms with Crippen molar-refractivity contribution in [3.8, 4) is 17.1 Å². The average Bonchev–Trinajstić information content (AvgIpc) is 3.50. The molecule has 0 saturated heterocycles. The molecule has 2 amide bonds. The van der Waals surface area contributed by atoms with Crippen molar-refractivity contribution in [3.05, 3.63) is 66.4 Å². The van der Waals surface area contributed by atoms with Crippen LogP contribution in [0.2, 0.25) is 0 Å². The van der Waals surface area contributed by atoms with E-state index in [0.29, 0.717) is 33.3 Å². The molecule has 0 saturated carbocycles. The van der Waals surface area contributed by atoms with E-state index in [0.717, 1.165) is 16.9 Å². The van der Waals surface area contributed by atoms with Gasteiger partial charge in [0.25, 0.3) is 5.91 Å². The van der Waals surface area contributed by atoms with Crippen LogP contribution in [0.5, 0.6) is 5.75 Å². The molecule has 0 atom stereocenters. The van der Waals surface area contributed by atoms with E-state index in [1.54, 1.807) is 18.2 Å². The maximum absolute atomic E-state index is 12.4. The van der Waals surface area contributed by atoms with Crippen molar-refractivity contribution in [2.24, 2.45) is 0 Å². The average molecular weight is 482 g/mol. The second kappa shape index (κ2) is 10.7. The number of amides is 2. The first kappa shape index (κ1) is 22.5. The molecule has 0 aliphatic heterocycles. The first-order chi connectivity index (χ1) is 16.1. The van der Waals surface area contributed by atoms with Crippen LogP contribution >= 0.6 is 23.1 Å². The zero-order chi connectivity index (χ0) is 23.0. The third-order valence-electron chi connectivity index (χ3n) is 4.22. The molecule has 0 aliphatic carbocycles. The van der Waals surface area contributed by atoms with Gasteiger partial charge in [-0.05, 0) is 19.1 Å². The van der Waals surface area contributed by atoms with Gasteiger partial charge in [-0.2, -0.15) is 0 Å². The van der Waals surface area contributed by atoms with Crippen LogP contribution in [0, 0.1) is 0 Å². The van der Waals surface area contributed by atoms with Crippen molar-refractivity contribution in [2.75, 3.05) is 23.0 Å². The largest absolute Gasteiger partial charge is 0.492 e. The Morgan fingerprint density at radius 1 is 1.06 bits per heavy atom. The second-order valence-electron chi connectivity index (χ2n) is 6.54. The Morgan fingerprint density at radius 3 is 2.67 bits per heavy atom. The zero-order valence-corrected chi connectivity index (χ0v) is 19.1. The van der Waals surface area contributed by atoms with Crippen LogP contribution in [0.4, 0.5) is 10.8 Å². The minimum Gasteiger partial charge on any atom is -0.492 e. The van der Waals surface area contributed by atoms with Crippen molar-refractivity contribution in [1.82, 2.24) is 15.4 Å². The maximum Gasteiger partial charge on any atom is 0.279 e. The normalized spacial score (nSPS) is 10.6. The van der Waals surface area contributed by atoms with Crippen molar-refractivity contribution in [1.29, 1.82) is 0 Å². The fourth-order valence-corrected chi connectivity index (χ4v) is 4.31. The van der Waals surface area contributed by atoms with E-state index in [4.69, 9.17) is 9.26 Å². The Balaban J connectivity index is 1.30. The fraction of sp³-hybridized carbons (Fsp3) is 0.136. The summed E-state index contributed by atoms with van der Waals surface area (Å²) in [6.45, 7) is 2.38. The minimum absolute atomic E-state index is 0.130. The Hall–Kier alpha value is -3.70. The number of para-hydroxylation sites is 2. The minimum atomic E-state index is -0.459. The molecule has 33 heavy (non-hydrogen) atoms. The van der Waals surface area contributed by atoms with Crippen LogP contribution in [0.3, 0.4) is 0 Å². The van der Waals surface area contributed by atoms with Gasteiger partial charge >= 0.3 is 0 Å². The summed E-state index contributed by atoms with van der Waals surface area (Å²) >= 11 is 2.38. The molecule has 9 nitrogen and oxygen atoms in total. The van der Waals surface area contributed by atoms with E-state index in [1.807, 2.05) is 49.4 Å². The fourth-order valence-electron chi connectivity index (χ4n) is 2.77. The number of ether oxygens (including phenoxy) is 1. The first-order valence-electron chi connectivity index (χ1n) is 9.94. The molecule has 0 spiro atoms. The van der Waals surface area contributed by atoms with Gasteiger partial charge in [-0.1, -0.05) is 70.7 Å². The third kappa shape index (κ3) is 5.96. The van der Waals surface area contributed by atoms with Gasteiger partial charge in [0.2, 0.25) is 11.0 Å². The molecule has 0 unspecified atom stereocenters. The van der Waals surface area contributed by atoms with Gasteiger partial charge in [0.05, 0.1) is 18.0 Å². The van der Waals surface area contributed by atoms with E-state index in [-0.39, 0.29) is 17.4 Å². The van der Waals surface area contributed by atoms with E-state index in [9.17, 15) is 9.59 Å². The summed E-state index contributed by atoms with van der Waals surface area (Å²) in [7, 11) is 0. The summed E-state index contributed by atoms with van der Waals surface area (Å²) in [4.78, 5) is 24.8. The molecular weight excluding hydrogens is 462 g/mol. The molecule has 4 aromatic rings. The van der Waals surface area contributed by atoms with Gasteiger partial charge < -0.3 is 14.6 Å². The first-order valence-corrected chi connectivity index (χ1v) is 11.7. The number of carbonyl (C=O) groups is 2. The van der Waals surface area contributed by atoms with E-state index in [1.165, 1.54) is 11.8 Å². The summed E-state index contributed by atoms with van der Waals surface area (Å²) in [5.41, 5.74) is 1.56. The predicted octanol–water partition coefficient (Wildman–Crippen LogP) is 4.57. The number of carbonyl (C=O) groups excluding carboxylic acids is 2. The van der Waals surface area contributed by atoms with Crippen LogP contribution in [0.1, 0.15) is 17.4 Å². The summed E-state index contributed by atoms with van der Waals surface area (Å²) < 4.78 is 11.3. The molecule has 0 radical (unpaired) electrons. The highest BCUT2D eigenvalue weighted by molar-refractivity contribution is 8.01. The van der Waals surface area contributed by atoms with Gasteiger partial charge in [-0.25, -0.2) is 0 Å². The monoisotopic (exact) mass is 481 g/mol. The quantitative estimate of drug-likeness (QED) is 0.263. The maximum atomic E-state index is 12.4. The van der Waals surface area contributed by atoms with Crippen molar-refractivity contribution < 1.29 is 18.8 Å². The number of nitrogens with zero attached hydrogens (tertiary/aromatic N) is 3. The van der Waals surface area contributed by atoms with E-state index >= 15 is 0 Å². The Bertz CT molecular complexity index is 1240. The van der Waals surface area contributed by atoms with Crippen LogP contribution in [0.15, 0.2) is 69.5 Å². The number of aromatic nitrogens is 3. The zero-order valence-electron chi connectivity index (χ0n) is 17.5. The summed E-state index contributed by atoms with van der Waals surface area (Å²) in [5.74, 6) is 0.573. The van der Waals surface area contributed by atoms with E-state index < -0.39 is 5.91 Å². The van der Waals surface area contributed by atoms with Gasteiger partial charge in [0.1, 0.15) is 5.75 Å². The molecule has 2 heterocycles. The molecule has 0 aliphatic rings. The lowest BCUT2D eigenvalue weighted by Gasteiger charge is -2.10. The highest BCUT2D eigenvalue weighted by Gasteiger charge is 2.16. The molecule has 0 bridgehead atoms. The molecule has 4 rings (SSSR count). The Morgan fingerprint density at radius 2 is 1.85 bits per heavy atom. The molecule has 2 aromatic carbocycles. The lowest BCUT2D eigenvalue weighted by Crippen LogP contribution is -2.14. The van der Waals surface area contributed by atoms with Crippen molar-refractivity contribution in [3.63, 3.8) is 0 Å². The molecule has 11 heteroatoms. The predicted molar refractivity (Wildman–Crippen MR) is 127 cm³/mol. The SMILES string of the molecule is CCOc1ccccc1NC(=O)CSc1nnc(NC(=O)c2cc(-c3ccccc3)on2)s1. The summed E-state index contributed by atoms with van der Waals surface area (Å²) in [6, 6.07) is 18.2. The van der Waals surface area contributed by atoms with Crippen molar-refractivity contribution in [2.45, 2.75) is 11.3 Å². The van der Waals surface area contributed by atoms with Gasteiger partial charge in [0, 0.05) is 11.6 Å². The Kier molecular flexibility index (Phi) is 7.33. The molecule has 2 aromatic heterocycles. The summed E-state index contributed by atoms with van der Waals surface area (Å²) in [6.07, 6.45) is 0. The highest BCUT2D eigenvalue weighted by atomic mass is 32.2. The van der Waals surface area contributed by atoms with Crippen LogP contribution in [-0.2, 0) is 4.79 Å². The Labute approximate surface area is 197 Å². The van der Waals surface area contributed by atoms with Crippen LogP contribution < -0.4 is 15.4 Å². The molecule has 0 fully saturated rings. The molecule has 168 valence electrons. The number of hydrogen-bond acceptors (Lipinski definition) is 9. The van der Waals surface area contributed by atoms with Crippen LogP contribution in [0.25, 0.3) is 11.3 Å². The van der Waals surface area contributed by atoms with Crippen molar-refractivity contribution >= 4 is 45.7 Å². The van der Waals surface area contributed by atoms with Gasteiger partial charge in [-0.3, -0.25) is 14.9 Å². The smallest absolute Gasteiger partial charge is 0.279 e. The van der Waals surface area contributed by atoms with Gasteiger partial charge in [0.15, 0.2) is 15.8 Å². The number of hydrogen-bond donors (Lipinski definition) is 2. The van der Waals surface area contributed by atoms with Crippen LogP contribution in [-0.4, -0.2) is 39.5 Å². The number of nitrogens with one attached hydrogen (secondary N) is 2. The van der Waals surface area contributed by atoms with Gasteiger partial charge in [-0.15, -0.1) is 10.2 Å². The third-order valence-corrected chi connectivity index (χ3v) is 6.19. The number of rotatable bonds is 9. The number of anilines is 2. The highest BCUT2D eigenvalue weighted by Crippen LogP contribution is 2.28. The standard InChI is InChI=1S/C22H19N5O4S2/c1-2-30-17-11-7-6-10-15(17)23-19(28)13-32-22-26-25-21(33-22)24-20(29)16-12-18(31-27-16)14-8-4-3-5-9-14/h3-12H,2,13H2,1H3,(H,23,28)(H,24,25,29). The van der Waals surface area contributed by atoms with E-state index in [2.05, 4.69) is 26.0 Å². The lowest BCUT2D eigenvalue weighted by atomic mass is 10.1. The second-order valence-corrected chi connectivity index (χ2v) is 8.74.